The molecule has 0 aliphatic heterocycles. The Hall–Kier alpha value is -0.154. The van der Waals surface area contributed by atoms with Gasteiger partial charge in [0.2, 0.25) is 0 Å². The summed E-state index contributed by atoms with van der Waals surface area (Å²) in [4.78, 5) is 12.6. The fourth-order valence-electron chi connectivity index (χ4n) is 2.40. The average Bonchev–Trinajstić information content (AvgIpc) is 2.39. The average molecular weight is 310 g/mol. The van der Waals surface area contributed by atoms with Gasteiger partial charge in [0, 0.05) is 16.4 Å². The number of carbonyl (C=O) groups is 1. The minimum absolute atomic E-state index is 0. The number of ketones is 1. The molecule has 2 aromatic carbocycles. The van der Waals surface area contributed by atoms with E-state index in [1.165, 1.54) is 0 Å². The van der Waals surface area contributed by atoms with E-state index in [4.69, 9.17) is 0 Å². The van der Waals surface area contributed by atoms with Crippen LogP contribution in [0.25, 0.3) is 0 Å². The molecule has 2 rings (SSSR count). The molecule has 0 saturated heterocycles. The third-order valence-electron chi connectivity index (χ3n) is 3.29. The molecule has 0 aliphatic rings. The van der Waals surface area contributed by atoms with Crippen LogP contribution in [0.2, 0.25) is 0 Å². The number of aryl methyl sites for hydroxylation is 2. The summed E-state index contributed by atoms with van der Waals surface area (Å²) < 4.78 is 11.3. The standard InChI is InChI=1S/C16H15O2P.K.H/c1-10-9-11(2)16(19-18)12(3)14(10)15(17)13-7-5-4-6-8-13;;/h4-9H,1-3H3;;. The minimum atomic E-state index is -0.0380. The second-order valence-electron chi connectivity index (χ2n) is 4.65. The van der Waals surface area contributed by atoms with E-state index in [0.717, 1.165) is 16.7 Å². The molecule has 0 atom stereocenters. The van der Waals surface area contributed by atoms with E-state index in [-0.39, 0.29) is 65.6 Å². The summed E-state index contributed by atoms with van der Waals surface area (Å²) in [5.74, 6) is -0.0134. The van der Waals surface area contributed by atoms with Gasteiger partial charge in [-0.15, -0.1) is 0 Å². The molecule has 0 bridgehead atoms. The van der Waals surface area contributed by atoms with E-state index in [1.807, 2.05) is 45.0 Å². The van der Waals surface area contributed by atoms with Crippen LogP contribution in [0.4, 0.5) is 0 Å². The number of rotatable bonds is 3. The predicted molar refractivity (Wildman–Crippen MR) is 84.9 cm³/mol. The molecule has 0 aromatic heterocycles. The zero-order valence-corrected chi connectivity index (χ0v) is 12.1. The maximum absolute atomic E-state index is 12.6. The third-order valence-corrected chi connectivity index (χ3v) is 4.16. The topological polar surface area (TPSA) is 34.1 Å². The van der Waals surface area contributed by atoms with E-state index in [2.05, 4.69) is 0 Å². The molecule has 20 heavy (non-hydrogen) atoms. The quantitative estimate of drug-likeness (QED) is 0.496. The normalized spacial score (nSPS) is 10.2. The van der Waals surface area contributed by atoms with Crippen molar-refractivity contribution in [1.82, 2.24) is 0 Å². The van der Waals surface area contributed by atoms with E-state index >= 15 is 0 Å². The van der Waals surface area contributed by atoms with Gasteiger partial charge in [-0.25, -0.2) is 0 Å². The summed E-state index contributed by atoms with van der Waals surface area (Å²) in [5, 5.41) is 0.713. The van der Waals surface area contributed by atoms with Gasteiger partial charge in [0.05, 0.1) is 0 Å². The van der Waals surface area contributed by atoms with Crippen molar-refractivity contribution >= 4 is 70.9 Å². The summed E-state index contributed by atoms with van der Waals surface area (Å²) in [6.45, 7) is 5.69. The fraction of sp³-hybridized carbons (Fsp3) is 0.188. The Labute approximate surface area is 163 Å². The van der Waals surface area contributed by atoms with Crippen LogP contribution in [-0.4, -0.2) is 57.2 Å². The van der Waals surface area contributed by atoms with Crippen molar-refractivity contribution in [2.24, 2.45) is 0 Å². The van der Waals surface area contributed by atoms with Crippen molar-refractivity contribution in [3.8, 4) is 0 Å². The number of hydrogen-bond acceptors (Lipinski definition) is 2. The summed E-state index contributed by atoms with van der Waals surface area (Å²) in [7, 11) is -0.0380. The Morgan fingerprint density at radius 3 is 2.15 bits per heavy atom. The molecule has 0 N–H and O–H groups in total. The molecule has 2 nitrogen and oxygen atoms in total. The van der Waals surface area contributed by atoms with Gasteiger partial charge in [-0.3, -0.25) is 9.36 Å². The summed E-state index contributed by atoms with van der Waals surface area (Å²) in [6, 6.07) is 11.1. The van der Waals surface area contributed by atoms with Crippen molar-refractivity contribution < 1.29 is 9.36 Å². The van der Waals surface area contributed by atoms with Gasteiger partial charge >= 0.3 is 51.4 Å². The molecule has 0 unspecified atom stereocenters. The predicted octanol–water partition coefficient (Wildman–Crippen LogP) is 3.11. The van der Waals surface area contributed by atoms with Crippen molar-refractivity contribution in [2.45, 2.75) is 20.8 Å². The van der Waals surface area contributed by atoms with Gasteiger partial charge in [0.25, 0.3) is 0 Å². The van der Waals surface area contributed by atoms with Crippen LogP contribution in [0.3, 0.4) is 0 Å². The first-order valence-electron chi connectivity index (χ1n) is 6.10. The monoisotopic (exact) mass is 310 g/mol. The van der Waals surface area contributed by atoms with E-state index in [9.17, 15) is 9.36 Å². The van der Waals surface area contributed by atoms with Gasteiger partial charge in [-0.05, 0) is 37.5 Å². The molecule has 0 aliphatic carbocycles. The molecule has 0 amide bonds. The first-order valence-corrected chi connectivity index (χ1v) is 6.91. The van der Waals surface area contributed by atoms with Gasteiger partial charge in [-0.2, -0.15) is 0 Å². The molecule has 0 spiro atoms. The maximum atomic E-state index is 12.6. The molecular formula is C16H16KO2P. The second-order valence-corrected chi connectivity index (χ2v) is 5.28. The number of hydrogen-bond donors (Lipinski definition) is 0. The van der Waals surface area contributed by atoms with Gasteiger partial charge in [0.15, 0.2) is 14.2 Å². The zero-order chi connectivity index (χ0) is 14.0. The molecule has 0 saturated carbocycles. The Morgan fingerprint density at radius 1 is 1.00 bits per heavy atom. The van der Waals surface area contributed by atoms with Crippen LogP contribution in [0, 0.1) is 20.8 Å². The third kappa shape index (κ3) is 3.54. The SMILES string of the molecule is Cc1cc(C)c(C(=O)c2ccccc2)c(C)c1P=O.[KH]. The molecule has 0 radical (unpaired) electrons. The van der Waals surface area contributed by atoms with E-state index < -0.39 is 0 Å². The fourth-order valence-corrected chi connectivity index (χ4v) is 2.86. The van der Waals surface area contributed by atoms with Crippen LogP contribution in [0.5, 0.6) is 0 Å². The molecule has 0 fully saturated rings. The van der Waals surface area contributed by atoms with Crippen LogP contribution in [0.15, 0.2) is 36.4 Å². The Morgan fingerprint density at radius 2 is 1.60 bits per heavy atom. The van der Waals surface area contributed by atoms with Crippen LogP contribution in [0.1, 0.15) is 32.6 Å². The molecule has 0 heterocycles. The van der Waals surface area contributed by atoms with Crippen molar-refractivity contribution in [3.05, 3.63) is 64.2 Å². The number of carbonyl (C=O) groups excluding carboxylic acids is 1. The Kier molecular flexibility index (Phi) is 6.93. The number of benzene rings is 2. The molecule has 2 aromatic rings. The Balaban J connectivity index is 0.00000200. The first-order chi connectivity index (χ1) is 9.06. The summed E-state index contributed by atoms with van der Waals surface area (Å²) in [5.41, 5.74) is 4.01. The Bertz CT molecular complexity index is 651. The second kappa shape index (κ2) is 7.74. The molecular weight excluding hydrogens is 294 g/mol. The van der Waals surface area contributed by atoms with Gasteiger partial charge in [0.1, 0.15) is 0 Å². The van der Waals surface area contributed by atoms with Crippen LogP contribution >= 0.6 is 8.46 Å². The van der Waals surface area contributed by atoms with Gasteiger partial charge < -0.3 is 0 Å². The zero-order valence-electron chi connectivity index (χ0n) is 11.2. The van der Waals surface area contributed by atoms with E-state index in [0.29, 0.717) is 16.4 Å². The van der Waals surface area contributed by atoms with Crippen molar-refractivity contribution in [2.75, 3.05) is 0 Å². The first kappa shape index (κ1) is 17.9. The van der Waals surface area contributed by atoms with Crippen LogP contribution < -0.4 is 5.30 Å². The van der Waals surface area contributed by atoms with Crippen molar-refractivity contribution in [3.63, 3.8) is 0 Å². The summed E-state index contributed by atoms with van der Waals surface area (Å²) in [6.07, 6.45) is 0. The van der Waals surface area contributed by atoms with Crippen molar-refractivity contribution in [1.29, 1.82) is 0 Å². The summed E-state index contributed by atoms with van der Waals surface area (Å²) >= 11 is 0. The van der Waals surface area contributed by atoms with Gasteiger partial charge in [-0.1, -0.05) is 36.4 Å². The molecule has 98 valence electrons. The van der Waals surface area contributed by atoms with E-state index in [1.54, 1.807) is 12.1 Å². The van der Waals surface area contributed by atoms with Crippen LogP contribution in [-0.2, 0) is 4.57 Å². The molecule has 4 heteroatoms.